The number of carbonyl (C=O) groups excluding carboxylic acids is 1. The summed E-state index contributed by atoms with van der Waals surface area (Å²) in [4.78, 5) is 14.4. The highest BCUT2D eigenvalue weighted by Crippen LogP contribution is 2.23. The zero-order valence-electron chi connectivity index (χ0n) is 12.0. The first-order valence-corrected chi connectivity index (χ1v) is 7.07. The molecule has 1 aliphatic heterocycles. The van der Waals surface area contributed by atoms with E-state index in [1.165, 1.54) is 0 Å². The molecule has 0 bridgehead atoms. The third kappa shape index (κ3) is 3.44. The highest BCUT2D eigenvalue weighted by molar-refractivity contribution is 5.84. The molecule has 0 aromatic rings. The van der Waals surface area contributed by atoms with Crippen LogP contribution in [0.25, 0.3) is 0 Å². The molecule has 1 amide bonds. The zero-order valence-corrected chi connectivity index (χ0v) is 12.0. The molecule has 3 heteroatoms. The average Bonchev–Trinajstić information content (AvgIpc) is 2.61. The zero-order chi connectivity index (χ0) is 13.0. The largest absolute Gasteiger partial charge is 0.338 e. The van der Waals surface area contributed by atoms with Gasteiger partial charge in [0.1, 0.15) is 0 Å². The molecular weight excluding hydrogens is 212 g/mol. The molecule has 0 aliphatic carbocycles. The van der Waals surface area contributed by atoms with E-state index < -0.39 is 0 Å². The second kappa shape index (κ2) is 6.39. The summed E-state index contributed by atoms with van der Waals surface area (Å²) in [6.07, 6.45) is 3.27. The topological polar surface area (TPSA) is 32.3 Å². The van der Waals surface area contributed by atoms with E-state index in [-0.39, 0.29) is 6.04 Å². The average molecular weight is 240 g/mol. The lowest BCUT2D eigenvalue weighted by atomic mass is 9.94. The van der Waals surface area contributed by atoms with E-state index in [2.05, 4.69) is 44.8 Å². The monoisotopic (exact) mass is 240 g/mol. The Kier molecular flexibility index (Phi) is 5.44. The first-order valence-electron chi connectivity index (χ1n) is 7.07. The van der Waals surface area contributed by atoms with E-state index in [0.717, 1.165) is 25.8 Å². The van der Waals surface area contributed by atoms with Crippen LogP contribution in [0.1, 0.15) is 53.9 Å². The highest BCUT2D eigenvalue weighted by Gasteiger charge is 2.36. The molecule has 0 aromatic heterocycles. The normalized spacial score (nSPS) is 22.9. The van der Waals surface area contributed by atoms with Crippen molar-refractivity contribution in [2.45, 2.75) is 72.0 Å². The fraction of sp³-hybridized carbons (Fsp3) is 0.929. The van der Waals surface area contributed by atoms with Gasteiger partial charge in [0.25, 0.3) is 0 Å². The molecular formula is C14H28N2O. The van der Waals surface area contributed by atoms with E-state index in [1.54, 1.807) is 0 Å². The molecule has 2 atom stereocenters. The van der Waals surface area contributed by atoms with Crippen molar-refractivity contribution >= 4 is 5.91 Å². The van der Waals surface area contributed by atoms with Gasteiger partial charge in [-0.25, -0.2) is 0 Å². The molecule has 1 heterocycles. The summed E-state index contributed by atoms with van der Waals surface area (Å²) in [6, 6.07) is 0.815. The standard InChI is InChI=1S/C14H28N2O/c1-6-12(7-2)11(5)16-9-8-13(14(16)17)15-10(3)4/h10-13,15H,6-9H2,1-5H3. The first-order chi connectivity index (χ1) is 8.01. The van der Waals surface area contributed by atoms with Crippen LogP contribution < -0.4 is 5.32 Å². The summed E-state index contributed by atoms with van der Waals surface area (Å²) in [7, 11) is 0. The van der Waals surface area contributed by atoms with Crippen molar-refractivity contribution in [3.8, 4) is 0 Å². The Morgan fingerprint density at radius 2 is 1.88 bits per heavy atom. The first kappa shape index (κ1) is 14.5. The van der Waals surface area contributed by atoms with Gasteiger partial charge in [-0.3, -0.25) is 4.79 Å². The molecule has 100 valence electrons. The SMILES string of the molecule is CCC(CC)C(C)N1CCC(NC(C)C)C1=O. The van der Waals surface area contributed by atoms with Gasteiger partial charge >= 0.3 is 0 Å². The number of hydrogen-bond donors (Lipinski definition) is 1. The quantitative estimate of drug-likeness (QED) is 0.773. The molecule has 0 saturated carbocycles. The summed E-state index contributed by atoms with van der Waals surface area (Å²) >= 11 is 0. The van der Waals surface area contributed by atoms with Crippen LogP contribution in [-0.2, 0) is 4.79 Å². The molecule has 1 aliphatic rings. The maximum atomic E-state index is 12.3. The van der Waals surface area contributed by atoms with E-state index in [0.29, 0.717) is 23.9 Å². The lowest BCUT2D eigenvalue weighted by Crippen LogP contribution is -2.45. The van der Waals surface area contributed by atoms with E-state index >= 15 is 0 Å². The van der Waals surface area contributed by atoms with Crippen LogP contribution in [0.5, 0.6) is 0 Å². The second-order valence-electron chi connectivity index (χ2n) is 5.51. The second-order valence-corrected chi connectivity index (χ2v) is 5.51. The maximum Gasteiger partial charge on any atom is 0.240 e. The van der Waals surface area contributed by atoms with Crippen molar-refractivity contribution < 1.29 is 4.79 Å². The van der Waals surface area contributed by atoms with Gasteiger partial charge in [0, 0.05) is 18.6 Å². The predicted octanol–water partition coefficient (Wildman–Crippen LogP) is 2.41. The third-order valence-corrected chi connectivity index (χ3v) is 4.00. The summed E-state index contributed by atoms with van der Waals surface area (Å²) in [6.45, 7) is 11.7. The molecule has 17 heavy (non-hydrogen) atoms. The van der Waals surface area contributed by atoms with Crippen LogP contribution in [0.3, 0.4) is 0 Å². The Morgan fingerprint density at radius 1 is 1.29 bits per heavy atom. The Hall–Kier alpha value is -0.570. The number of amides is 1. The summed E-state index contributed by atoms with van der Waals surface area (Å²) in [5.41, 5.74) is 0. The van der Waals surface area contributed by atoms with E-state index in [1.807, 2.05) is 0 Å². The maximum absolute atomic E-state index is 12.3. The van der Waals surface area contributed by atoms with Crippen molar-refractivity contribution in [3.05, 3.63) is 0 Å². The Bertz CT molecular complexity index is 249. The van der Waals surface area contributed by atoms with Gasteiger partial charge in [-0.1, -0.05) is 40.5 Å². The predicted molar refractivity (Wildman–Crippen MR) is 71.9 cm³/mol. The molecule has 1 N–H and O–H groups in total. The van der Waals surface area contributed by atoms with Crippen LogP contribution in [0.4, 0.5) is 0 Å². The van der Waals surface area contributed by atoms with Crippen LogP contribution in [0.2, 0.25) is 0 Å². The van der Waals surface area contributed by atoms with E-state index in [9.17, 15) is 4.79 Å². The Morgan fingerprint density at radius 3 is 2.35 bits per heavy atom. The van der Waals surface area contributed by atoms with Crippen LogP contribution in [0, 0.1) is 5.92 Å². The minimum Gasteiger partial charge on any atom is -0.338 e. The van der Waals surface area contributed by atoms with Crippen molar-refractivity contribution in [1.29, 1.82) is 0 Å². The lowest BCUT2D eigenvalue weighted by molar-refractivity contribution is -0.132. The van der Waals surface area contributed by atoms with Crippen LogP contribution in [0.15, 0.2) is 0 Å². The van der Waals surface area contributed by atoms with Gasteiger partial charge in [0.2, 0.25) is 5.91 Å². The smallest absolute Gasteiger partial charge is 0.240 e. The third-order valence-electron chi connectivity index (χ3n) is 4.00. The van der Waals surface area contributed by atoms with Gasteiger partial charge in [-0.05, 0) is 19.3 Å². The summed E-state index contributed by atoms with van der Waals surface area (Å²) < 4.78 is 0. The van der Waals surface area contributed by atoms with Gasteiger partial charge < -0.3 is 10.2 Å². The fourth-order valence-corrected chi connectivity index (χ4v) is 2.89. The number of carbonyl (C=O) groups is 1. The molecule has 0 spiro atoms. The molecule has 2 unspecified atom stereocenters. The lowest BCUT2D eigenvalue weighted by Gasteiger charge is -2.31. The molecule has 0 aromatic carbocycles. The molecule has 1 saturated heterocycles. The van der Waals surface area contributed by atoms with Crippen molar-refractivity contribution in [2.75, 3.05) is 6.54 Å². The number of rotatable bonds is 6. The van der Waals surface area contributed by atoms with Gasteiger partial charge in [0.15, 0.2) is 0 Å². The summed E-state index contributed by atoms with van der Waals surface area (Å²) in [5, 5.41) is 3.36. The number of nitrogens with zero attached hydrogens (tertiary/aromatic N) is 1. The Balaban J connectivity index is 2.59. The molecule has 1 fully saturated rings. The van der Waals surface area contributed by atoms with Crippen molar-refractivity contribution in [2.24, 2.45) is 5.92 Å². The number of nitrogens with one attached hydrogen (secondary N) is 1. The minimum atomic E-state index is 0.0480. The molecule has 0 radical (unpaired) electrons. The van der Waals surface area contributed by atoms with E-state index in [4.69, 9.17) is 0 Å². The fourth-order valence-electron chi connectivity index (χ4n) is 2.89. The number of likely N-dealkylation sites (tertiary alicyclic amines) is 1. The van der Waals surface area contributed by atoms with Crippen molar-refractivity contribution in [3.63, 3.8) is 0 Å². The van der Waals surface area contributed by atoms with Gasteiger partial charge in [-0.2, -0.15) is 0 Å². The highest BCUT2D eigenvalue weighted by atomic mass is 16.2. The van der Waals surface area contributed by atoms with Crippen molar-refractivity contribution in [1.82, 2.24) is 10.2 Å². The Labute approximate surface area is 106 Å². The minimum absolute atomic E-state index is 0.0480. The van der Waals surface area contributed by atoms with Gasteiger partial charge in [0.05, 0.1) is 6.04 Å². The molecule has 1 rings (SSSR count). The number of hydrogen-bond acceptors (Lipinski definition) is 2. The molecule has 3 nitrogen and oxygen atoms in total. The van der Waals surface area contributed by atoms with Crippen LogP contribution in [-0.4, -0.2) is 35.5 Å². The van der Waals surface area contributed by atoms with Crippen LogP contribution >= 0.6 is 0 Å². The van der Waals surface area contributed by atoms with Gasteiger partial charge in [-0.15, -0.1) is 0 Å². The summed E-state index contributed by atoms with van der Waals surface area (Å²) in [5.74, 6) is 0.940.